The molecule has 2 aliphatic carbocycles. The van der Waals surface area contributed by atoms with Gasteiger partial charge < -0.3 is 14.4 Å². The summed E-state index contributed by atoms with van der Waals surface area (Å²) >= 11 is 0. The van der Waals surface area contributed by atoms with Crippen LogP contribution in [-0.2, 0) is 11.8 Å². The van der Waals surface area contributed by atoms with Crippen LogP contribution in [0.5, 0.6) is 11.5 Å². The van der Waals surface area contributed by atoms with E-state index in [0.29, 0.717) is 12.0 Å². The first kappa shape index (κ1) is 15.0. The van der Waals surface area contributed by atoms with Gasteiger partial charge in [-0.2, -0.15) is 0 Å². The van der Waals surface area contributed by atoms with Gasteiger partial charge in [0.1, 0.15) is 12.3 Å². The molecule has 4 heteroatoms. The van der Waals surface area contributed by atoms with E-state index in [1.807, 2.05) is 0 Å². The van der Waals surface area contributed by atoms with Crippen molar-refractivity contribution < 1.29 is 13.9 Å². The second-order valence-electron chi connectivity index (χ2n) is 8.42. The van der Waals surface area contributed by atoms with Crippen LogP contribution in [0.4, 0.5) is 4.39 Å². The smallest absolute Gasteiger partial charge is 0.165 e. The molecule has 0 aromatic heterocycles. The molecule has 4 aliphatic rings. The number of hydrogen-bond acceptors (Lipinski definition) is 3. The fraction of sp³-hybridized carbons (Fsp3) is 0.700. The number of hydrogen-bond donors (Lipinski definition) is 0. The molecule has 1 aromatic carbocycles. The summed E-state index contributed by atoms with van der Waals surface area (Å²) in [5, 5.41) is 0. The number of nitrogens with zero attached hydrogens (tertiary/aromatic N) is 1. The van der Waals surface area contributed by atoms with Gasteiger partial charge in [-0.05, 0) is 68.8 Å². The number of aryl methyl sites for hydroxylation is 1. The Balaban J connectivity index is 1.82. The van der Waals surface area contributed by atoms with Crippen LogP contribution in [0, 0.1) is 18.8 Å². The monoisotopic (exact) mass is 331 g/mol. The second-order valence-corrected chi connectivity index (χ2v) is 8.42. The van der Waals surface area contributed by atoms with Gasteiger partial charge in [0.15, 0.2) is 11.5 Å². The Labute approximate surface area is 143 Å². The molecule has 0 N–H and O–H groups in total. The normalized spacial score (nSPS) is 42.5. The van der Waals surface area contributed by atoms with E-state index in [9.17, 15) is 0 Å². The molecule has 2 fully saturated rings. The highest BCUT2D eigenvalue weighted by Crippen LogP contribution is 2.65. The minimum absolute atomic E-state index is 0.0603. The number of ether oxygens (including phenoxy) is 2. The van der Waals surface area contributed by atoms with Crippen molar-refractivity contribution in [1.82, 2.24) is 4.90 Å². The maximum absolute atomic E-state index is 15.3. The largest absolute Gasteiger partial charge is 0.493 e. The molecule has 130 valence electrons. The Kier molecular flexibility index (Phi) is 2.91. The van der Waals surface area contributed by atoms with Gasteiger partial charge in [-0.1, -0.05) is 6.92 Å². The Morgan fingerprint density at radius 1 is 1.42 bits per heavy atom. The molecule has 0 radical (unpaired) electrons. The summed E-state index contributed by atoms with van der Waals surface area (Å²) in [6.45, 7) is 5.24. The number of rotatable bonds is 1. The molecule has 24 heavy (non-hydrogen) atoms. The van der Waals surface area contributed by atoms with Crippen molar-refractivity contribution in [3.05, 3.63) is 22.8 Å². The Morgan fingerprint density at radius 2 is 2.21 bits per heavy atom. The molecule has 1 saturated heterocycles. The molecule has 6 atom stereocenters. The van der Waals surface area contributed by atoms with E-state index in [2.05, 4.69) is 31.9 Å². The Morgan fingerprint density at radius 3 is 2.96 bits per heavy atom. The van der Waals surface area contributed by atoms with E-state index < -0.39 is 6.17 Å². The van der Waals surface area contributed by atoms with Crippen LogP contribution in [0.3, 0.4) is 0 Å². The molecule has 0 unspecified atom stereocenters. The van der Waals surface area contributed by atoms with Gasteiger partial charge in [0, 0.05) is 17.0 Å². The third-order valence-electron chi connectivity index (χ3n) is 7.46. The van der Waals surface area contributed by atoms with Gasteiger partial charge in [0.2, 0.25) is 0 Å². The number of alkyl halides is 1. The lowest BCUT2D eigenvalue weighted by atomic mass is 9.50. The lowest BCUT2D eigenvalue weighted by molar-refractivity contribution is -0.0970. The molecule has 0 amide bonds. The van der Waals surface area contributed by atoms with Crippen molar-refractivity contribution in [3.63, 3.8) is 0 Å². The number of methoxy groups -OCH3 is 1. The van der Waals surface area contributed by atoms with Crippen LogP contribution in [0.15, 0.2) is 6.07 Å². The van der Waals surface area contributed by atoms with Crippen LogP contribution >= 0.6 is 0 Å². The predicted molar refractivity (Wildman–Crippen MR) is 90.7 cm³/mol. The zero-order valence-electron chi connectivity index (χ0n) is 14.9. The summed E-state index contributed by atoms with van der Waals surface area (Å²) in [4.78, 5) is 2.50. The highest BCUT2D eigenvalue weighted by Gasteiger charge is 2.67. The zero-order valence-corrected chi connectivity index (χ0v) is 14.9. The number of benzene rings is 1. The third kappa shape index (κ3) is 1.52. The average molecular weight is 331 g/mol. The number of piperidine rings is 1. The van der Waals surface area contributed by atoms with E-state index in [1.165, 1.54) is 16.7 Å². The average Bonchev–Trinajstić information content (AvgIpc) is 2.90. The fourth-order valence-corrected chi connectivity index (χ4v) is 6.28. The highest BCUT2D eigenvalue weighted by atomic mass is 19.1. The Hall–Kier alpha value is -1.29. The van der Waals surface area contributed by atoms with Gasteiger partial charge in [-0.25, -0.2) is 4.39 Å². The van der Waals surface area contributed by atoms with Crippen LogP contribution in [0.2, 0.25) is 0 Å². The summed E-state index contributed by atoms with van der Waals surface area (Å²) < 4.78 is 27.2. The zero-order chi connectivity index (χ0) is 16.8. The molecule has 2 heterocycles. The lowest BCUT2D eigenvalue weighted by Gasteiger charge is -2.59. The number of likely N-dealkylation sites (tertiary alicyclic amines) is 1. The summed E-state index contributed by atoms with van der Waals surface area (Å²) in [7, 11) is 3.92. The van der Waals surface area contributed by atoms with Gasteiger partial charge in [0.25, 0.3) is 0 Å². The molecule has 5 rings (SSSR count). The van der Waals surface area contributed by atoms with Gasteiger partial charge in [-0.3, -0.25) is 0 Å². The molecule has 1 aromatic rings. The van der Waals surface area contributed by atoms with E-state index in [4.69, 9.17) is 9.47 Å². The third-order valence-corrected chi connectivity index (χ3v) is 7.46. The van der Waals surface area contributed by atoms with Crippen LogP contribution in [0.1, 0.15) is 36.5 Å². The van der Waals surface area contributed by atoms with Crippen molar-refractivity contribution in [1.29, 1.82) is 0 Å². The van der Waals surface area contributed by atoms with Crippen LogP contribution < -0.4 is 9.47 Å². The SMILES string of the molecule is COc1cc(C)c2c3c1O[C@H]1[C@H](F)[C@H](C)C[C@H]4[C@@H](C2)N(C)CC[C@@]341. The molecule has 2 aliphatic heterocycles. The van der Waals surface area contributed by atoms with Crippen molar-refractivity contribution in [3.8, 4) is 11.5 Å². The van der Waals surface area contributed by atoms with Gasteiger partial charge in [-0.15, -0.1) is 0 Å². The van der Waals surface area contributed by atoms with Crippen molar-refractivity contribution in [2.24, 2.45) is 11.8 Å². The summed E-state index contributed by atoms with van der Waals surface area (Å²) in [5.41, 5.74) is 3.81. The molecular formula is C20H26FNO2. The first-order chi connectivity index (χ1) is 11.5. The molecule has 3 nitrogen and oxygen atoms in total. The maximum atomic E-state index is 15.3. The minimum Gasteiger partial charge on any atom is -0.493 e. The number of likely N-dealkylation sites (N-methyl/N-ethyl adjacent to an activating group) is 1. The summed E-state index contributed by atoms with van der Waals surface area (Å²) in [6, 6.07) is 2.58. The van der Waals surface area contributed by atoms with E-state index in [-0.39, 0.29) is 17.4 Å². The fourth-order valence-electron chi connectivity index (χ4n) is 6.28. The first-order valence-electron chi connectivity index (χ1n) is 9.21. The first-order valence-corrected chi connectivity index (χ1v) is 9.21. The summed E-state index contributed by atoms with van der Waals surface area (Å²) in [5.74, 6) is 2.17. The van der Waals surface area contributed by atoms with Gasteiger partial charge >= 0.3 is 0 Å². The number of halogens is 1. The molecule has 1 saturated carbocycles. The van der Waals surface area contributed by atoms with E-state index >= 15 is 4.39 Å². The second kappa shape index (κ2) is 4.66. The highest BCUT2D eigenvalue weighted by molar-refractivity contribution is 5.63. The predicted octanol–water partition coefficient (Wildman–Crippen LogP) is 3.26. The summed E-state index contributed by atoms with van der Waals surface area (Å²) in [6.07, 6.45) is 1.78. The van der Waals surface area contributed by atoms with Crippen molar-refractivity contribution >= 4 is 0 Å². The van der Waals surface area contributed by atoms with Crippen molar-refractivity contribution in [2.75, 3.05) is 20.7 Å². The molecule has 1 spiro atoms. The van der Waals surface area contributed by atoms with Crippen molar-refractivity contribution in [2.45, 2.75) is 56.8 Å². The molecule has 2 bridgehead atoms. The minimum atomic E-state index is -0.895. The van der Waals surface area contributed by atoms with Crippen LogP contribution in [0.25, 0.3) is 0 Å². The Bertz CT molecular complexity index is 720. The van der Waals surface area contributed by atoms with Crippen LogP contribution in [-0.4, -0.2) is 43.9 Å². The van der Waals surface area contributed by atoms with E-state index in [1.54, 1.807) is 7.11 Å². The van der Waals surface area contributed by atoms with Gasteiger partial charge in [0.05, 0.1) is 7.11 Å². The quantitative estimate of drug-likeness (QED) is 0.788. The topological polar surface area (TPSA) is 21.7 Å². The standard InChI is InChI=1S/C20H26FNO2/c1-10-8-15(23-4)18-16-12(10)9-14-13-7-11(2)17(21)19(24-18)20(13,16)5-6-22(14)3/h8,11,13-14,17,19H,5-7,9H2,1-4H3/t11-,13+,14-,17-,19+,20+/m1/s1. The lowest BCUT2D eigenvalue weighted by Crippen LogP contribution is -2.67. The van der Waals surface area contributed by atoms with E-state index in [0.717, 1.165) is 37.3 Å². The maximum Gasteiger partial charge on any atom is 0.165 e. The molecular weight excluding hydrogens is 305 g/mol.